The summed E-state index contributed by atoms with van der Waals surface area (Å²) in [5.41, 5.74) is -0.700. The fourth-order valence-electron chi connectivity index (χ4n) is 9.43. The molecule has 0 spiro atoms. The Morgan fingerprint density at radius 1 is 0.410 bits per heavy atom. The monoisotopic (exact) mass is 1490 g/mol. The van der Waals surface area contributed by atoms with E-state index in [1.807, 2.05) is 21.6 Å². The van der Waals surface area contributed by atoms with Crippen molar-refractivity contribution < 1.29 is 80.1 Å². The number of rotatable bonds is 45. The molecular weight excluding hydrogens is 1380 g/mol. The number of benzene rings is 2. The predicted molar refractivity (Wildman–Crippen MR) is 394 cm³/mol. The molecule has 105 heavy (non-hydrogen) atoms. The second-order valence-corrected chi connectivity index (χ2v) is 30.8. The van der Waals surface area contributed by atoms with E-state index in [1.165, 1.54) is 12.1 Å². The van der Waals surface area contributed by atoms with Crippen molar-refractivity contribution in [3.8, 4) is 11.3 Å². The SMILES string of the molecule is C=C(CS(=O)(=O)c1ccc(C)cc1)C(=O)c1ccc(-c2cn(CCN(CCC(=O)NCCN(CCC(=O)NCCNC(=O)OC(C)(C)C)CCC(=O)NCCNC(=O)OC(C)(C)C)CCC(=O)NCCN(CCC(=O)NCCNC(=O)OC(C)(C)C)CCC(=O)NCCNC(=O)OC(C)(C)C)nn2)cc1. The van der Waals surface area contributed by atoms with E-state index >= 15 is 0 Å². The van der Waals surface area contributed by atoms with Crippen molar-refractivity contribution in [3.63, 3.8) is 0 Å². The van der Waals surface area contributed by atoms with Gasteiger partial charge in [0.2, 0.25) is 35.4 Å². The third-order valence-corrected chi connectivity index (χ3v) is 16.3. The maximum absolute atomic E-state index is 13.7. The van der Waals surface area contributed by atoms with Crippen molar-refractivity contribution in [1.29, 1.82) is 0 Å². The first kappa shape index (κ1) is 89.9. The second kappa shape index (κ2) is 45.2. The summed E-state index contributed by atoms with van der Waals surface area (Å²) >= 11 is 0. The molecule has 0 radical (unpaired) electrons. The Bertz CT molecular complexity index is 3200. The van der Waals surface area contributed by atoms with Gasteiger partial charge in [0, 0.05) is 180 Å². The van der Waals surface area contributed by atoms with Crippen molar-refractivity contribution >= 4 is 75.4 Å². The van der Waals surface area contributed by atoms with Crippen LogP contribution in [0.2, 0.25) is 0 Å². The fourth-order valence-corrected chi connectivity index (χ4v) is 10.7. The zero-order valence-corrected chi connectivity index (χ0v) is 64.3. The summed E-state index contributed by atoms with van der Waals surface area (Å²) in [6, 6.07) is 12.8. The van der Waals surface area contributed by atoms with Crippen LogP contribution in [0.1, 0.15) is 138 Å². The number of nitrogens with zero attached hydrogens (tertiary/aromatic N) is 6. The molecule has 10 N–H and O–H groups in total. The number of carbonyl (C=O) groups is 11. The molecule has 1 aromatic heterocycles. The van der Waals surface area contributed by atoms with E-state index in [-0.39, 0.29) is 214 Å². The molecule has 10 amide bonds. The molecule has 1 heterocycles. The normalized spacial score (nSPS) is 11.8. The molecule has 0 unspecified atom stereocenters. The van der Waals surface area contributed by atoms with Gasteiger partial charge in [0.25, 0.3) is 0 Å². The van der Waals surface area contributed by atoms with Gasteiger partial charge in [0.15, 0.2) is 15.6 Å². The molecule has 0 aliphatic rings. The first-order valence-corrected chi connectivity index (χ1v) is 36.9. The van der Waals surface area contributed by atoms with Crippen LogP contribution in [0.3, 0.4) is 0 Å². The average molecular weight is 1500 g/mol. The van der Waals surface area contributed by atoms with E-state index in [0.717, 1.165) is 5.56 Å². The van der Waals surface area contributed by atoms with E-state index < -0.39 is 68.2 Å². The number of amides is 10. The fraction of sp³-hybridized carbons (Fsp3) is 0.620. The Hall–Kier alpha value is -9.28. The highest BCUT2D eigenvalue weighted by Gasteiger charge is 2.24. The number of ketones is 1. The van der Waals surface area contributed by atoms with Gasteiger partial charge in [0.05, 0.1) is 23.4 Å². The van der Waals surface area contributed by atoms with Crippen molar-refractivity contribution in [2.75, 3.05) is 130 Å². The predicted octanol–water partition coefficient (Wildman–Crippen LogP) is 3.51. The maximum atomic E-state index is 13.7. The molecule has 0 saturated carbocycles. The number of ether oxygens (including phenoxy) is 4. The molecule has 586 valence electrons. The van der Waals surface area contributed by atoms with Gasteiger partial charge in [-0.3, -0.25) is 38.2 Å². The molecule has 0 bridgehead atoms. The Morgan fingerprint density at radius 2 is 0.705 bits per heavy atom. The van der Waals surface area contributed by atoms with Gasteiger partial charge in [-0.2, -0.15) is 0 Å². The van der Waals surface area contributed by atoms with Gasteiger partial charge in [-0.15, -0.1) is 5.10 Å². The number of hydrogen-bond acceptors (Lipinski definition) is 22. The third kappa shape index (κ3) is 42.9. The minimum atomic E-state index is -3.83. The lowest BCUT2D eigenvalue weighted by Crippen LogP contribution is -2.42. The van der Waals surface area contributed by atoms with Gasteiger partial charge in [0.1, 0.15) is 28.1 Å². The highest BCUT2D eigenvalue weighted by Crippen LogP contribution is 2.21. The van der Waals surface area contributed by atoms with Crippen LogP contribution in [-0.4, -0.2) is 256 Å². The molecule has 0 atom stereocenters. The number of hydrogen-bond donors (Lipinski definition) is 10. The Morgan fingerprint density at radius 3 is 1.02 bits per heavy atom. The molecular formula is C71H114N16O17S. The molecule has 0 aliphatic carbocycles. The zero-order valence-electron chi connectivity index (χ0n) is 63.5. The van der Waals surface area contributed by atoms with E-state index in [0.29, 0.717) is 17.8 Å². The summed E-state index contributed by atoms with van der Waals surface area (Å²) in [7, 11) is -3.83. The lowest BCUT2D eigenvalue weighted by atomic mass is 10.0. The summed E-state index contributed by atoms with van der Waals surface area (Å²) in [6.07, 6.45) is -0.701. The first-order valence-electron chi connectivity index (χ1n) is 35.3. The molecule has 3 rings (SSSR count). The number of aryl methyl sites for hydroxylation is 1. The Kier molecular flexibility index (Phi) is 38.7. The van der Waals surface area contributed by atoms with Crippen LogP contribution in [0.15, 0.2) is 71.8 Å². The van der Waals surface area contributed by atoms with Crippen LogP contribution in [0, 0.1) is 6.92 Å². The number of carbonyl (C=O) groups excluding carboxylic acids is 11. The molecule has 3 aromatic rings. The average Bonchev–Trinajstić information content (AvgIpc) is 1.70. The van der Waals surface area contributed by atoms with Gasteiger partial charge in [-0.05, 0) is 102 Å². The molecule has 2 aromatic carbocycles. The smallest absolute Gasteiger partial charge is 0.407 e. The van der Waals surface area contributed by atoms with Crippen LogP contribution in [0.5, 0.6) is 0 Å². The summed E-state index contributed by atoms with van der Waals surface area (Å²) in [5.74, 6) is -2.99. The largest absolute Gasteiger partial charge is 0.444 e. The van der Waals surface area contributed by atoms with E-state index in [4.69, 9.17) is 18.9 Å². The van der Waals surface area contributed by atoms with Crippen molar-refractivity contribution in [2.45, 2.75) is 162 Å². The van der Waals surface area contributed by atoms with Gasteiger partial charge in [-0.25, -0.2) is 27.6 Å². The molecule has 34 heteroatoms. The summed E-state index contributed by atoms with van der Waals surface area (Å²) in [5, 5.41) is 35.9. The van der Waals surface area contributed by atoms with Crippen LogP contribution < -0.4 is 53.2 Å². The van der Waals surface area contributed by atoms with Gasteiger partial charge >= 0.3 is 24.4 Å². The summed E-state index contributed by atoms with van der Waals surface area (Å²) < 4.78 is 48.8. The van der Waals surface area contributed by atoms with Crippen molar-refractivity contribution in [1.82, 2.24) is 82.9 Å². The summed E-state index contributed by atoms with van der Waals surface area (Å²) in [6.45, 7) is 30.0. The number of nitrogens with one attached hydrogen (secondary N) is 10. The number of alkyl carbamates (subject to hydrolysis) is 4. The first-order chi connectivity index (χ1) is 49.1. The minimum Gasteiger partial charge on any atom is -0.444 e. The number of Topliss-reactive ketones (excluding diaryl/α,β-unsaturated/α-hetero) is 1. The lowest BCUT2D eigenvalue weighted by molar-refractivity contribution is -0.123. The number of aromatic nitrogens is 3. The van der Waals surface area contributed by atoms with Crippen LogP contribution in [-0.2, 0) is 64.1 Å². The molecule has 33 nitrogen and oxygen atoms in total. The van der Waals surface area contributed by atoms with Crippen molar-refractivity contribution in [3.05, 3.63) is 78.0 Å². The Labute approximate surface area is 617 Å². The van der Waals surface area contributed by atoms with Crippen LogP contribution >= 0.6 is 0 Å². The van der Waals surface area contributed by atoms with E-state index in [9.17, 15) is 61.2 Å². The quantitative estimate of drug-likeness (QED) is 0.0167. The zero-order chi connectivity index (χ0) is 78.4. The van der Waals surface area contributed by atoms with E-state index in [2.05, 4.69) is 70.1 Å². The molecule has 0 saturated heterocycles. The highest BCUT2D eigenvalue weighted by molar-refractivity contribution is 7.91. The Balaban J connectivity index is 1.74. The van der Waals surface area contributed by atoms with Crippen LogP contribution in [0.25, 0.3) is 11.3 Å². The maximum Gasteiger partial charge on any atom is 0.407 e. The standard InChI is InChI=1S/C71H114N16O17S/c1-51-15-21-55(22-16-51)105(99,100)50-52(2)63(94)54-19-17-53(18-20-54)56-49-87(83-82-56)48-47-86(43-27-61(92)76-37-45-84(39-23-57(88)72-29-33-78-64(95)101-68(3,4)5)40-24-58(89)73-30-34-79-65(96)102-69(6,7)8)44-28-62(93)77-38-46-85(41-25-59(90)74-31-35-80-66(97)103-70(9,10)11)42-26-60(91)75-32-36-81-67(98)104-71(12,13)14/h15-22,49H,2,23-48,50H2,1,3-14H3,(H,72,88)(H,73,89)(H,74,90)(H,75,91)(H,76,92)(H,77,93)(H,78,95)(H,79,96)(H,80,97)(H,81,98). The molecule has 0 aliphatic heterocycles. The number of sulfone groups is 1. The van der Waals surface area contributed by atoms with Gasteiger partial charge in [-0.1, -0.05) is 53.8 Å². The van der Waals surface area contributed by atoms with Crippen molar-refractivity contribution in [2.24, 2.45) is 0 Å². The highest BCUT2D eigenvalue weighted by atomic mass is 32.2. The third-order valence-electron chi connectivity index (χ3n) is 14.6. The van der Waals surface area contributed by atoms with Gasteiger partial charge < -0.3 is 86.8 Å². The lowest BCUT2D eigenvalue weighted by Gasteiger charge is -2.24. The van der Waals surface area contributed by atoms with Crippen LogP contribution in [0.4, 0.5) is 19.2 Å². The molecule has 0 fully saturated rings. The van der Waals surface area contributed by atoms with E-state index in [1.54, 1.807) is 130 Å². The second-order valence-electron chi connectivity index (χ2n) is 28.8. The topological polar surface area (TPSA) is 420 Å². The summed E-state index contributed by atoms with van der Waals surface area (Å²) in [4.78, 5) is 147. The minimum absolute atomic E-state index is 0.00427.